The molecule has 0 atom stereocenters. The third-order valence-electron chi connectivity index (χ3n) is 3.98. The number of aromatic nitrogens is 3. The molecule has 0 unspecified atom stereocenters. The summed E-state index contributed by atoms with van der Waals surface area (Å²) in [5.41, 5.74) is 3.57. The van der Waals surface area contributed by atoms with Crippen LogP contribution >= 0.6 is 11.6 Å². The van der Waals surface area contributed by atoms with Crippen molar-refractivity contribution >= 4 is 22.5 Å². The third-order valence-corrected chi connectivity index (χ3v) is 4.22. The Morgan fingerprint density at radius 1 is 1.17 bits per heavy atom. The highest BCUT2D eigenvalue weighted by molar-refractivity contribution is 6.31. The highest BCUT2D eigenvalue weighted by Gasteiger charge is 2.23. The van der Waals surface area contributed by atoms with Crippen molar-refractivity contribution in [3.05, 3.63) is 57.5 Å². The fourth-order valence-electron chi connectivity index (χ4n) is 2.97. The van der Waals surface area contributed by atoms with Crippen molar-refractivity contribution in [2.24, 2.45) is 0 Å². The fourth-order valence-corrected chi connectivity index (χ4v) is 3.14. The lowest BCUT2D eigenvalue weighted by Gasteiger charge is -2.11. The molecule has 0 saturated carbocycles. The van der Waals surface area contributed by atoms with Crippen LogP contribution in [0.4, 0.5) is 0 Å². The average molecular weight is 342 g/mol. The van der Waals surface area contributed by atoms with E-state index in [1.54, 1.807) is 38.2 Å². The van der Waals surface area contributed by atoms with E-state index in [-0.39, 0.29) is 5.56 Å². The summed E-state index contributed by atoms with van der Waals surface area (Å²) >= 11 is 6.17. The molecule has 0 saturated heterocycles. The van der Waals surface area contributed by atoms with E-state index < -0.39 is 0 Å². The second kappa shape index (κ2) is 5.35. The van der Waals surface area contributed by atoms with Gasteiger partial charge in [-0.05, 0) is 32.0 Å². The normalized spacial score (nSPS) is 11.3. The minimum absolute atomic E-state index is 0.240. The summed E-state index contributed by atoms with van der Waals surface area (Å²) in [6, 6.07) is 5.30. The second-order valence-electron chi connectivity index (χ2n) is 5.51. The van der Waals surface area contributed by atoms with Crippen molar-refractivity contribution in [1.82, 2.24) is 15.3 Å². The van der Waals surface area contributed by atoms with E-state index >= 15 is 0 Å². The Bertz CT molecular complexity index is 1090. The van der Waals surface area contributed by atoms with Gasteiger partial charge in [-0.1, -0.05) is 21.9 Å². The molecule has 0 amide bonds. The quantitative estimate of drug-likeness (QED) is 0.593. The molecule has 1 N–H and O–H groups in total. The third kappa shape index (κ3) is 2.15. The first-order valence-electron chi connectivity index (χ1n) is 7.25. The predicted octanol–water partition coefficient (Wildman–Crippen LogP) is 4.11. The number of aryl methyl sites for hydroxylation is 2. The lowest BCUT2D eigenvalue weighted by molar-refractivity contribution is 0.393. The van der Waals surface area contributed by atoms with Gasteiger partial charge in [-0.2, -0.15) is 0 Å². The average Bonchev–Trinajstić information content (AvgIpc) is 3.18. The molecule has 3 aromatic heterocycles. The first-order valence-corrected chi connectivity index (χ1v) is 7.62. The summed E-state index contributed by atoms with van der Waals surface area (Å²) in [6.45, 7) is 3.57. The molecule has 0 bridgehead atoms. The SMILES string of the molecule is Cc1noc(C)c1-c1c(-c2cnoc2)c2cc(Cl)ccc2[nH]c1=O. The van der Waals surface area contributed by atoms with E-state index in [1.165, 1.54) is 6.26 Å². The van der Waals surface area contributed by atoms with E-state index in [9.17, 15) is 4.79 Å². The number of H-pyrrole nitrogens is 1. The van der Waals surface area contributed by atoms with Crippen LogP contribution in [-0.2, 0) is 0 Å². The summed E-state index contributed by atoms with van der Waals surface area (Å²) in [7, 11) is 0. The van der Waals surface area contributed by atoms with Gasteiger partial charge in [0.1, 0.15) is 12.0 Å². The van der Waals surface area contributed by atoms with Crippen molar-refractivity contribution in [3.8, 4) is 22.3 Å². The van der Waals surface area contributed by atoms with Gasteiger partial charge in [0.15, 0.2) is 0 Å². The van der Waals surface area contributed by atoms with Crippen molar-refractivity contribution in [1.29, 1.82) is 0 Å². The summed E-state index contributed by atoms with van der Waals surface area (Å²) in [5.74, 6) is 0.567. The molecule has 0 aliphatic heterocycles. The molecule has 0 aliphatic rings. The highest BCUT2D eigenvalue weighted by Crippen LogP contribution is 2.38. The zero-order valence-electron chi connectivity index (χ0n) is 12.9. The Morgan fingerprint density at radius 2 is 2.00 bits per heavy atom. The number of nitrogens with zero attached hydrogens (tertiary/aromatic N) is 2. The standard InChI is InChI=1S/C17H12ClN3O3/c1-8-14(9(2)24-21-8)16-15(10-6-19-23-7-10)12-5-11(18)3-4-13(12)20-17(16)22/h3-7H,1-2H3,(H,20,22). The second-order valence-corrected chi connectivity index (χ2v) is 5.94. The number of rotatable bonds is 2. The smallest absolute Gasteiger partial charge is 0.257 e. The Kier molecular flexibility index (Phi) is 3.28. The maximum Gasteiger partial charge on any atom is 0.257 e. The van der Waals surface area contributed by atoms with E-state index in [0.29, 0.717) is 44.2 Å². The predicted molar refractivity (Wildman–Crippen MR) is 90.0 cm³/mol. The van der Waals surface area contributed by atoms with Crippen molar-refractivity contribution in [2.75, 3.05) is 0 Å². The van der Waals surface area contributed by atoms with Gasteiger partial charge >= 0.3 is 0 Å². The van der Waals surface area contributed by atoms with Gasteiger partial charge in [-0.15, -0.1) is 0 Å². The molecule has 4 rings (SSSR count). The first-order chi connectivity index (χ1) is 11.6. The minimum Gasteiger partial charge on any atom is -0.364 e. The topological polar surface area (TPSA) is 84.9 Å². The fraction of sp³-hybridized carbons (Fsp3) is 0.118. The van der Waals surface area contributed by atoms with E-state index in [2.05, 4.69) is 15.3 Å². The van der Waals surface area contributed by atoms with Crippen molar-refractivity contribution < 1.29 is 9.05 Å². The van der Waals surface area contributed by atoms with Crippen LogP contribution in [0.1, 0.15) is 11.5 Å². The van der Waals surface area contributed by atoms with Gasteiger partial charge in [-0.25, -0.2) is 0 Å². The molecule has 24 heavy (non-hydrogen) atoms. The Labute approximate surface area is 141 Å². The molecule has 1 aromatic carbocycles. The van der Waals surface area contributed by atoms with Gasteiger partial charge in [-0.3, -0.25) is 4.79 Å². The Balaban J connectivity index is 2.23. The van der Waals surface area contributed by atoms with Gasteiger partial charge < -0.3 is 14.0 Å². The van der Waals surface area contributed by atoms with Gasteiger partial charge in [0.25, 0.3) is 5.56 Å². The molecule has 120 valence electrons. The van der Waals surface area contributed by atoms with E-state index in [4.69, 9.17) is 20.6 Å². The van der Waals surface area contributed by atoms with Gasteiger partial charge in [0.2, 0.25) is 0 Å². The number of hydrogen-bond acceptors (Lipinski definition) is 5. The number of benzene rings is 1. The number of pyridine rings is 1. The monoisotopic (exact) mass is 341 g/mol. The van der Waals surface area contributed by atoms with Crippen LogP contribution in [0.3, 0.4) is 0 Å². The molecule has 3 heterocycles. The summed E-state index contributed by atoms with van der Waals surface area (Å²) < 4.78 is 10.2. The van der Waals surface area contributed by atoms with Crippen LogP contribution in [0.2, 0.25) is 5.02 Å². The van der Waals surface area contributed by atoms with Gasteiger partial charge in [0, 0.05) is 27.1 Å². The summed E-state index contributed by atoms with van der Waals surface area (Å²) in [6.07, 6.45) is 3.06. The van der Waals surface area contributed by atoms with Crippen molar-refractivity contribution in [2.45, 2.75) is 13.8 Å². The number of hydrogen-bond donors (Lipinski definition) is 1. The molecule has 4 aromatic rings. The maximum absolute atomic E-state index is 12.8. The Hall–Kier alpha value is -2.86. The molecular formula is C17H12ClN3O3. The molecule has 0 aliphatic carbocycles. The van der Waals surface area contributed by atoms with E-state index in [0.717, 1.165) is 5.39 Å². The Morgan fingerprint density at radius 3 is 2.67 bits per heavy atom. The number of aromatic amines is 1. The molecule has 0 spiro atoms. The first kappa shape index (κ1) is 14.7. The van der Waals surface area contributed by atoms with Crippen molar-refractivity contribution in [3.63, 3.8) is 0 Å². The number of halogens is 1. The van der Waals surface area contributed by atoms with Crippen LogP contribution in [0.5, 0.6) is 0 Å². The van der Waals surface area contributed by atoms with Crippen LogP contribution < -0.4 is 5.56 Å². The molecule has 0 fully saturated rings. The molecule has 0 radical (unpaired) electrons. The van der Waals surface area contributed by atoms with Crippen LogP contribution in [0.15, 0.2) is 44.5 Å². The lowest BCUT2D eigenvalue weighted by atomic mass is 9.93. The molecular weight excluding hydrogens is 330 g/mol. The minimum atomic E-state index is -0.240. The van der Waals surface area contributed by atoms with Crippen LogP contribution in [0.25, 0.3) is 33.2 Å². The maximum atomic E-state index is 12.8. The number of fused-ring (bicyclic) bond motifs is 1. The van der Waals surface area contributed by atoms with E-state index in [1.807, 2.05) is 0 Å². The zero-order chi connectivity index (χ0) is 16.8. The number of nitrogens with one attached hydrogen (secondary N) is 1. The largest absolute Gasteiger partial charge is 0.364 e. The lowest BCUT2D eigenvalue weighted by Crippen LogP contribution is -2.12. The van der Waals surface area contributed by atoms with Crippen LogP contribution in [-0.4, -0.2) is 15.3 Å². The summed E-state index contributed by atoms with van der Waals surface area (Å²) in [4.78, 5) is 15.7. The summed E-state index contributed by atoms with van der Waals surface area (Å²) in [5, 5.41) is 9.08. The molecule has 6 nitrogen and oxygen atoms in total. The van der Waals surface area contributed by atoms with Crippen LogP contribution in [0, 0.1) is 13.8 Å². The molecule has 7 heteroatoms. The van der Waals surface area contributed by atoms with Gasteiger partial charge in [0.05, 0.1) is 23.0 Å². The highest BCUT2D eigenvalue weighted by atomic mass is 35.5. The zero-order valence-corrected chi connectivity index (χ0v) is 13.6.